The Balaban J connectivity index is 1.97. The number of nitrogens with zero attached hydrogens (tertiary/aromatic N) is 3. The fraction of sp³-hybridized carbons (Fsp3) is 0.0833. The minimum Gasteiger partial charge on any atom is -0.423 e. The van der Waals surface area contributed by atoms with Crippen molar-refractivity contribution in [1.82, 2.24) is 20.4 Å². The number of benzene rings is 1. The standard InChI is InChI=1S/C12H11N5O3S/c1-8-2-3-9(12-16-14-7-20-12)6-10(8)17-21(18,19)11-4-5-13-15-11/h2-7,17H,1H3,(H,13,15). The predicted octanol–water partition coefficient (Wildman–Crippen LogP) is 1.57. The van der Waals surface area contributed by atoms with Crippen LogP contribution < -0.4 is 4.72 Å². The molecule has 0 saturated heterocycles. The minimum absolute atomic E-state index is 0.00917. The molecular formula is C12H11N5O3S. The first-order valence-electron chi connectivity index (χ1n) is 5.96. The monoisotopic (exact) mass is 305 g/mol. The summed E-state index contributed by atoms with van der Waals surface area (Å²) >= 11 is 0. The molecule has 2 aromatic heterocycles. The van der Waals surface area contributed by atoms with Gasteiger partial charge in [-0.25, -0.2) is 0 Å². The van der Waals surface area contributed by atoms with Crippen molar-refractivity contribution in [2.24, 2.45) is 0 Å². The van der Waals surface area contributed by atoms with Crippen molar-refractivity contribution in [3.63, 3.8) is 0 Å². The first kappa shape index (κ1) is 13.3. The number of nitrogens with one attached hydrogen (secondary N) is 2. The molecule has 0 bridgehead atoms. The van der Waals surface area contributed by atoms with Gasteiger partial charge in [0.1, 0.15) is 0 Å². The van der Waals surface area contributed by atoms with Crippen molar-refractivity contribution in [3.8, 4) is 11.5 Å². The third-order valence-corrected chi connectivity index (χ3v) is 4.15. The van der Waals surface area contributed by atoms with Gasteiger partial charge in [-0.15, -0.1) is 10.2 Å². The lowest BCUT2D eigenvalue weighted by Gasteiger charge is -2.10. The van der Waals surface area contributed by atoms with E-state index in [1.807, 2.05) is 0 Å². The molecule has 108 valence electrons. The maximum Gasteiger partial charge on any atom is 0.278 e. The van der Waals surface area contributed by atoms with Crippen LogP contribution in [0.1, 0.15) is 5.56 Å². The van der Waals surface area contributed by atoms with Crippen LogP contribution in [0.15, 0.2) is 46.3 Å². The summed E-state index contributed by atoms with van der Waals surface area (Å²) in [7, 11) is -3.71. The summed E-state index contributed by atoms with van der Waals surface area (Å²) in [6.07, 6.45) is 2.58. The second-order valence-corrected chi connectivity index (χ2v) is 5.95. The highest BCUT2D eigenvalue weighted by molar-refractivity contribution is 7.92. The molecule has 8 nitrogen and oxygen atoms in total. The Hall–Kier alpha value is -2.68. The fourth-order valence-corrected chi connectivity index (χ4v) is 2.79. The molecule has 3 aromatic rings. The Morgan fingerprint density at radius 3 is 2.81 bits per heavy atom. The summed E-state index contributed by atoms with van der Waals surface area (Å²) < 4.78 is 32.0. The van der Waals surface area contributed by atoms with Gasteiger partial charge in [0.2, 0.25) is 12.3 Å². The molecule has 0 amide bonds. The first-order chi connectivity index (χ1) is 10.1. The highest BCUT2D eigenvalue weighted by Gasteiger charge is 2.17. The van der Waals surface area contributed by atoms with Gasteiger partial charge in [-0.3, -0.25) is 9.82 Å². The topological polar surface area (TPSA) is 114 Å². The molecule has 2 N–H and O–H groups in total. The van der Waals surface area contributed by atoms with Crippen LogP contribution in [0, 0.1) is 6.92 Å². The molecular weight excluding hydrogens is 294 g/mol. The number of hydrogen-bond acceptors (Lipinski definition) is 6. The van der Waals surface area contributed by atoms with Crippen LogP contribution in [0.2, 0.25) is 0 Å². The van der Waals surface area contributed by atoms with Gasteiger partial charge < -0.3 is 4.42 Å². The third kappa shape index (κ3) is 2.63. The van der Waals surface area contributed by atoms with E-state index in [0.29, 0.717) is 17.1 Å². The predicted molar refractivity (Wildman–Crippen MR) is 73.9 cm³/mol. The van der Waals surface area contributed by atoms with Crippen molar-refractivity contribution in [2.75, 3.05) is 4.72 Å². The van der Waals surface area contributed by atoms with Gasteiger partial charge in [0.05, 0.1) is 11.9 Å². The number of anilines is 1. The van der Waals surface area contributed by atoms with E-state index < -0.39 is 10.0 Å². The molecule has 1 aromatic carbocycles. The molecule has 0 aliphatic rings. The van der Waals surface area contributed by atoms with Gasteiger partial charge in [0.25, 0.3) is 10.0 Å². The van der Waals surface area contributed by atoms with Crippen molar-refractivity contribution >= 4 is 15.7 Å². The van der Waals surface area contributed by atoms with Gasteiger partial charge >= 0.3 is 0 Å². The zero-order valence-electron chi connectivity index (χ0n) is 10.9. The van der Waals surface area contributed by atoms with E-state index >= 15 is 0 Å². The Kier molecular flexibility index (Phi) is 3.18. The lowest BCUT2D eigenvalue weighted by atomic mass is 10.1. The number of aromatic nitrogens is 4. The van der Waals surface area contributed by atoms with Gasteiger partial charge in [-0.1, -0.05) is 6.07 Å². The van der Waals surface area contributed by atoms with Crippen LogP contribution in [-0.4, -0.2) is 28.8 Å². The quantitative estimate of drug-likeness (QED) is 0.756. The van der Waals surface area contributed by atoms with Crippen LogP contribution in [0.25, 0.3) is 11.5 Å². The van der Waals surface area contributed by atoms with Gasteiger partial charge in [-0.2, -0.15) is 13.5 Å². The van der Waals surface area contributed by atoms with Crippen LogP contribution in [0.3, 0.4) is 0 Å². The Labute approximate surface area is 120 Å². The van der Waals surface area contributed by atoms with E-state index in [4.69, 9.17) is 4.42 Å². The lowest BCUT2D eigenvalue weighted by Crippen LogP contribution is -2.14. The number of sulfonamides is 1. The number of H-pyrrole nitrogens is 1. The number of aromatic amines is 1. The van der Waals surface area contributed by atoms with E-state index in [0.717, 1.165) is 5.56 Å². The average Bonchev–Trinajstić information content (AvgIpc) is 3.14. The molecule has 0 spiro atoms. The van der Waals surface area contributed by atoms with Crippen LogP contribution in [0.5, 0.6) is 0 Å². The second kappa shape index (κ2) is 5.02. The third-order valence-electron chi connectivity index (χ3n) is 2.85. The van der Waals surface area contributed by atoms with Crippen LogP contribution in [0.4, 0.5) is 5.69 Å². The van der Waals surface area contributed by atoms with Gasteiger partial charge in [-0.05, 0) is 30.7 Å². The maximum atomic E-state index is 12.2. The summed E-state index contributed by atoms with van der Waals surface area (Å²) in [6, 6.07) is 6.55. The number of hydrogen-bond donors (Lipinski definition) is 2. The molecule has 0 unspecified atom stereocenters. The van der Waals surface area contributed by atoms with Crippen LogP contribution in [-0.2, 0) is 10.0 Å². The molecule has 3 rings (SSSR count). The molecule has 2 heterocycles. The smallest absolute Gasteiger partial charge is 0.278 e. The number of rotatable bonds is 4. The van der Waals surface area contributed by atoms with Crippen molar-refractivity contribution in [3.05, 3.63) is 42.4 Å². The summed E-state index contributed by atoms with van der Waals surface area (Å²) in [6.45, 7) is 1.79. The van der Waals surface area contributed by atoms with E-state index in [1.54, 1.807) is 25.1 Å². The summed E-state index contributed by atoms with van der Waals surface area (Å²) in [5.74, 6) is 0.317. The molecule has 0 aliphatic carbocycles. The highest BCUT2D eigenvalue weighted by atomic mass is 32.2. The largest absolute Gasteiger partial charge is 0.423 e. The lowest BCUT2D eigenvalue weighted by molar-refractivity contribution is 0.568. The molecule has 9 heteroatoms. The summed E-state index contributed by atoms with van der Waals surface area (Å²) in [4.78, 5) is 0. The fourth-order valence-electron chi connectivity index (χ4n) is 1.76. The normalized spacial score (nSPS) is 11.5. The molecule has 0 atom stereocenters. The van der Waals surface area contributed by atoms with E-state index in [2.05, 4.69) is 25.1 Å². The zero-order valence-corrected chi connectivity index (χ0v) is 11.8. The molecule has 0 saturated carbocycles. The molecule has 21 heavy (non-hydrogen) atoms. The molecule has 0 aliphatic heterocycles. The molecule has 0 radical (unpaired) electrons. The van der Waals surface area contributed by atoms with Crippen molar-refractivity contribution in [2.45, 2.75) is 11.9 Å². The first-order valence-corrected chi connectivity index (χ1v) is 7.44. The van der Waals surface area contributed by atoms with E-state index in [-0.39, 0.29) is 5.03 Å². The molecule has 0 fully saturated rings. The zero-order chi connectivity index (χ0) is 14.9. The Morgan fingerprint density at radius 1 is 1.29 bits per heavy atom. The number of aryl methyl sites for hydroxylation is 1. The summed E-state index contributed by atoms with van der Waals surface area (Å²) in [5.41, 5.74) is 1.82. The van der Waals surface area contributed by atoms with E-state index in [9.17, 15) is 8.42 Å². The average molecular weight is 305 g/mol. The maximum absolute atomic E-state index is 12.2. The highest BCUT2D eigenvalue weighted by Crippen LogP contribution is 2.25. The van der Waals surface area contributed by atoms with E-state index in [1.165, 1.54) is 18.7 Å². The summed E-state index contributed by atoms with van der Waals surface area (Å²) in [5, 5.41) is 13.4. The minimum atomic E-state index is -3.71. The van der Waals surface area contributed by atoms with Gasteiger partial charge in [0, 0.05) is 5.56 Å². The van der Waals surface area contributed by atoms with Crippen molar-refractivity contribution in [1.29, 1.82) is 0 Å². The van der Waals surface area contributed by atoms with Crippen molar-refractivity contribution < 1.29 is 12.8 Å². The second-order valence-electron chi connectivity index (χ2n) is 4.30. The Morgan fingerprint density at radius 2 is 2.14 bits per heavy atom. The SMILES string of the molecule is Cc1ccc(-c2nnco2)cc1NS(=O)(=O)c1ccn[nH]1. The van der Waals surface area contributed by atoms with Gasteiger partial charge in [0.15, 0.2) is 5.03 Å². The van der Waals surface area contributed by atoms with Crippen LogP contribution >= 0.6 is 0 Å². The Bertz CT molecular complexity index is 841.